The number of hydrogen-bond acceptors (Lipinski definition) is 2. The van der Waals surface area contributed by atoms with Gasteiger partial charge in [0, 0.05) is 0 Å². The van der Waals surface area contributed by atoms with Gasteiger partial charge < -0.3 is 5.32 Å². The Morgan fingerprint density at radius 1 is 1.43 bits per heavy atom. The third-order valence-electron chi connectivity index (χ3n) is 1.41. The van der Waals surface area contributed by atoms with E-state index in [1.807, 2.05) is 40.0 Å². The fourth-order valence-electron chi connectivity index (χ4n) is 0.802. The summed E-state index contributed by atoms with van der Waals surface area (Å²) in [6.07, 6.45) is 1.75. The zero-order chi connectivity index (χ0) is 11.6. The Morgan fingerprint density at radius 2 is 1.86 bits per heavy atom. The van der Waals surface area contributed by atoms with E-state index >= 15 is 0 Å². The Bertz CT molecular complexity index is 218. The van der Waals surface area contributed by atoms with Crippen molar-refractivity contribution in [1.82, 2.24) is 10.2 Å². The predicted octanol–water partition coefficient (Wildman–Crippen LogP) is 1.52. The van der Waals surface area contributed by atoms with E-state index in [0.29, 0.717) is 0 Å². The summed E-state index contributed by atoms with van der Waals surface area (Å²) in [4.78, 5) is 2.01. The van der Waals surface area contributed by atoms with Crippen LogP contribution in [0.3, 0.4) is 0 Å². The Balaban J connectivity index is 0. The third-order valence-corrected chi connectivity index (χ3v) is 1.41. The van der Waals surface area contributed by atoms with Crippen molar-refractivity contribution in [3.05, 3.63) is 24.8 Å². The molecule has 1 atom stereocenters. The smallest absolute Gasteiger partial charge is 0.0959 e. The molecular formula is C12H22N2. The van der Waals surface area contributed by atoms with Crippen molar-refractivity contribution in [2.24, 2.45) is 0 Å². The van der Waals surface area contributed by atoms with Gasteiger partial charge >= 0.3 is 0 Å². The molecule has 0 aliphatic heterocycles. The van der Waals surface area contributed by atoms with Crippen molar-refractivity contribution in [1.29, 1.82) is 0 Å². The van der Waals surface area contributed by atoms with Crippen LogP contribution in [0.25, 0.3) is 0 Å². The van der Waals surface area contributed by atoms with Gasteiger partial charge in [-0.15, -0.1) is 5.92 Å². The van der Waals surface area contributed by atoms with Crippen LogP contribution in [0.15, 0.2) is 24.8 Å². The minimum atomic E-state index is 0.109. The van der Waals surface area contributed by atoms with Gasteiger partial charge in [0.05, 0.1) is 6.04 Å². The van der Waals surface area contributed by atoms with Gasteiger partial charge in [-0.1, -0.05) is 25.2 Å². The van der Waals surface area contributed by atoms with Gasteiger partial charge in [0.2, 0.25) is 0 Å². The van der Waals surface area contributed by atoms with Gasteiger partial charge in [-0.05, 0) is 40.7 Å². The minimum absolute atomic E-state index is 0.109. The summed E-state index contributed by atoms with van der Waals surface area (Å²) in [7, 11) is 7.70. The predicted molar refractivity (Wildman–Crippen MR) is 65.2 cm³/mol. The van der Waals surface area contributed by atoms with Crippen LogP contribution in [-0.2, 0) is 0 Å². The lowest BCUT2D eigenvalue weighted by Gasteiger charge is -2.18. The van der Waals surface area contributed by atoms with Crippen molar-refractivity contribution in [2.45, 2.75) is 13.0 Å². The second-order valence-corrected chi connectivity index (χ2v) is 3.04. The lowest BCUT2D eigenvalue weighted by molar-refractivity contribution is 0.392. The molecule has 2 heteroatoms. The van der Waals surface area contributed by atoms with Gasteiger partial charge in [0.15, 0.2) is 0 Å². The summed E-state index contributed by atoms with van der Waals surface area (Å²) in [6.45, 7) is 9.33. The first-order chi connectivity index (χ1) is 6.54. The second-order valence-electron chi connectivity index (χ2n) is 3.04. The average molecular weight is 194 g/mol. The fraction of sp³-hybridized carbons (Fsp3) is 0.500. The SMILES string of the molecule is C=CC(=C)C(C#CC)N(C)C.CNC. The van der Waals surface area contributed by atoms with Crippen LogP contribution in [0.1, 0.15) is 6.92 Å². The van der Waals surface area contributed by atoms with Gasteiger partial charge in [0.25, 0.3) is 0 Å². The lowest BCUT2D eigenvalue weighted by atomic mass is 10.1. The van der Waals surface area contributed by atoms with Crippen molar-refractivity contribution >= 4 is 0 Å². The normalized spacial score (nSPS) is 10.4. The van der Waals surface area contributed by atoms with E-state index in [1.54, 1.807) is 6.08 Å². The Hall–Kier alpha value is -1.04. The van der Waals surface area contributed by atoms with Crippen molar-refractivity contribution in [2.75, 3.05) is 28.2 Å². The van der Waals surface area contributed by atoms with Gasteiger partial charge in [0.1, 0.15) is 0 Å². The number of hydrogen-bond donors (Lipinski definition) is 1. The molecular weight excluding hydrogens is 172 g/mol. The molecule has 80 valence electrons. The largest absolute Gasteiger partial charge is 0.323 e. The highest BCUT2D eigenvalue weighted by molar-refractivity contribution is 5.28. The molecule has 0 amide bonds. The summed E-state index contributed by atoms with van der Waals surface area (Å²) in [5.74, 6) is 5.90. The van der Waals surface area contributed by atoms with E-state index in [-0.39, 0.29) is 6.04 Å². The van der Waals surface area contributed by atoms with Crippen LogP contribution in [0.4, 0.5) is 0 Å². The molecule has 2 nitrogen and oxygen atoms in total. The summed E-state index contributed by atoms with van der Waals surface area (Å²) in [5, 5.41) is 2.75. The van der Waals surface area contributed by atoms with E-state index in [2.05, 4.69) is 30.3 Å². The Morgan fingerprint density at radius 3 is 2.07 bits per heavy atom. The third kappa shape index (κ3) is 7.60. The topological polar surface area (TPSA) is 15.3 Å². The molecule has 1 N–H and O–H groups in total. The molecule has 0 saturated heterocycles. The number of nitrogens with one attached hydrogen (secondary N) is 1. The Kier molecular flexibility index (Phi) is 11.1. The van der Waals surface area contributed by atoms with E-state index in [1.165, 1.54) is 0 Å². The molecule has 0 aromatic rings. The lowest BCUT2D eigenvalue weighted by Crippen LogP contribution is -2.27. The molecule has 1 unspecified atom stereocenters. The van der Waals surface area contributed by atoms with Crippen LogP contribution in [-0.4, -0.2) is 39.1 Å². The monoisotopic (exact) mass is 194 g/mol. The number of nitrogens with zero attached hydrogens (tertiary/aromatic N) is 1. The molecule has 0 aromatic carbocycles. The first kappa shape index (κ1) is 15.4. The molecule has 0 spiro atoms. The molecule has 0 aromatic heterocycles. The maximum Gasteiger partial charge on any atom is 0.0959 e. The summed E-state index contributed by atoms with van der Waals surface area (Å²) < 4.78 is 0. The van der Waals surface area contributed by atoms with E-state index in [9.17, 15) is 0 Å². The summed E-state index contributed by atoms with van der Waals surface area (Å²) in [6, 6.07) is 0.109. The van der Waals surface area contributed by atoms with Crippen LogP contribution in [0.2, 0.25) is 0 Å². The van der Waals surface area contributed by atoms with Crippen LogP contribution in [0, 0.1) is 11.8 Å². The van der Waals surface area contributed by atoms with E-state index < -0.39 is 0 Å². The summed E-state index contributed by atoms with van der Waals surface area (Å²) >= 11 is 0. The maximum absolute atomic E-state index is 3.85. The van der Waals surface area contributed by atoms with Crippen molar-refractivity contribution in [3.8, 4) is 11.8 Å². The molecule has 0 fully saturated rings. The molecule has 0 aliphatic carbocycles. The summed E-state index contributed by atoms with van der Waals surface area (Å²) in [5.41, 5.74) is 0.948. The average Bonchev–Trinajstić information content (AvgIpc) is 2.14. The standard InChI is InChI=1S/C10H15N.C2H7N/c1-6-8-10(11(4)5)9(3)7-2;1-3-2/h7,10H,2-3H2,1,4-5H3;3H,1-2H3. The second kappa shape index (κ2) is 10.0. The highest BCUT2D eigenvalue weighted by Gasteiger charge is 2.07. The van der Waals surface area contributed by atoms with E-state index in [0.717, 1.165) is 5.57 Å². The van der Waals surface area contributed by atoms with Crippen LogP contribution < -0.4 is 5.32 Å². The van der Waals surface area contributed by atoms with Crippen molar-refractivity contribution in [3.63, 3.8) is 0 Å². The zero-order valence-electron chi connectivity index (χ0n) is 10.0. The highest BCUT2D eigenvalue weighted by atomic mass is 15.1. The van der Waals surface area contributed by atoms with Gasteiger partial charge in [-0.3, -0.25) is 4.90 Å². The Labute approximate surface area is 88.7 Å². The zero-order valence-corrected chi connectivity index (χ0v) is 10.0. The van der Waals surface area contributed by atoms with Crippen molar-refractivity contribution < 1.29 is 0 Å². The molecule has 14 heavy (non-hydrogen) atoms. The number of likely N-dealkylation sites (N-methyl/N-ethyl adjacent to an activating group) is 1. The maximum atomic E-state index is 3.85. The number of rotatable bonds is 3. The van der Waals surface area contributed by atoms with Crippen LogP contribution in [0.5, 0.6) is 0 Å². The minimum Gasteiger partial charge on any atom is -0.323 e. The quantitative estimate of drug-likeness (QED) is 0.541. The molecule has 0 saturated carbocycles. The molecule has 0 rings (SSSR count). The van der Waals surface area contributed by atoms with Crippen LogP contribution >= 0.6 is 0 Å². The first-order valence-corrected chi connectivity index (χ1v) is 4.53. The molecule has 0 aliphatic rings. The van der Waals surface area contributed by atoms with Gasteiger partial charge in [-0.2, -0.15) is 0 Å². The van der Waals surface area contributed by atoms with Gasteiger partial charge in [-0.25, -0.2) is 0 Å². The first-order valence-electron chi connectivity index (χ1n) is 4.53. The molecule has 0 radical (unpaired) electrons. The van der Waals surface area contributed by atoms with E-state index in [4.69, 9.17) is 0 Å². The molecule has 0 bridgehead atoms. The molecule has 0 heterocycles. The highest BCUT2D eigenvalue weighted by Crippen LogP contribution is 2.04. The fourth-order valence-corrected chi connectivity index (χ4v) is 0.802.